The molecular formula is C10H12F3N3O. The third-order valence-electron chi connectivity index (χ3n) is 2.50. The highest BCUT2D eigenvalue weighted by Crippen LogP contribution is 2.33. The van der Waals surface area contributed by atoms with E-state index >= 15 is 0 Å². The van der Waals surface area contributed by atoms with Crippen LogP contribution in [0, 0.1) is 0 Å². The predicted octanol–water partition coefficient (Wildman–Crippen LogP) is 1.50. The van der Waals surface area contributed by atoms with Crippen molar-refractivity contribution in [3.8, 4) is 0 Å². The summed E-state index contributed by atoms with van der Waals surface area (Å²) in [6.45, 7) is -1.28. The molecule has 1 aromatic heterocycles. The van der Waals surface area contributed by atoms with Crippen molar-refractivity contribution in [2.24, 2.45) is 0 Å². The number of halogens is 3. The largest absolute Gasteiger partial charge is 0.405 e. The molecule has 0 bridgehead atoms. The van der Waals surface area contributed by atoms with Crippen molar-refractivity contribution in [1.29, 1.82) is 0 Å². The maximum Gasteiger partial charge on any atom is 0.405 e. The van der Waals surface area contributed by atoms with E-state index in [1.165, 1.54) is 17.0 Å². The van der Waals surface area contributed by atoms with Crippen LogP contribution in [0.2, 0.25) is 0 Å². The van der Waals surface area contributed by atoms with Crippen LogP contribution in [0.3, 0.4) is 0 Å². The molecule has 1 saturated carbocycles. The average Bonchev–Trinajstić information content (AvgIpc) is 3.09. The van der Waals surface area contributed by atoms with Gasteiger partial charge in [0.2, 0.25) is 0 Å². The van der Waals surface area contributed by atoms with Gasteiger partial charge in [-0.25, -0.2) is 0 Å². The van der Waals surface area contributed by atoms with Gasteiger partial charge in [-0.15, -0.1) is 5.10 Å². The number of anilines is 1. The van der Waals surface area contributed by atoms with Crippen LogP contribution in [-0.4, -0.2) is 34.1 Å². The summed E-state index contributed by atoms with van der Waals surface area (Å²) in [5, 5.41) is 16.1. The Bertz CT molecular complexity index is 375. The summed E-state index contributed by atoms with van der Waals surface area (Å²) in [5.74, 6) is 0.210. The Hall–Kier alpha value is -1.37. The lowest BCUT2D eigenvalue weighted by atomic mass is 10.3. The smallest absolute Gasteiger partial charge is 0.390 e. The van der Waals surface area contributed by atoms with Gasteiger partial charge in [0, 0.05) is 6.04 Å². The molecule has 0 amide bonds. The van der Waals surface area contributed by atoms with Gasteiger partial charge in [-0.1, -0.05) is 0 Å². The van der Waals surface area contributed by atoms with E-state index in [0.717, 1.165) is 12.8 Å². The fourth-order valence-corrected chi connectivity index (χ4v) is 1.57. The lowest BCUT2D eigenvalue weighted by Gasteiger charge is -2.24. The van der Waals surface area contributed by atoms with E-state index < -0.39 is 12.7 Å². The second-order valence-electron chi connectivity index (χ2n) is 4.02. The number of rotatable bonds is 4. The summed E-state index contributed by atoms with van der Waals surface area (Å²) in [6.07, 6.45) is -2.75. The molecule has 0 aliphatic heterocycles. The number of nitrogens with zero attached hydrogens (tertiary/aromatic N) is 3. The number of hydrogen-bond donors (Lipinski definition) is 1. The van der Waals surface area contributed by atoms with Crippen LogP contribution in [-0.2, 0) is 6.61 Å². The van der Waals surface area contributed by atoms with Gasteiger partial charge in [0.15, 0.2) is 5.82 Å². The molecule has 1 aliphatic carbocycles. The molecule has 94 valence electrons. The Morgan fingerprint density at radius 2 is 2.00 bits per heavy atom. The summed E-state index contributed by atoms with van der Waals surface area (Å²) in [5.41, 5.74) is 0.344. The second-order valence-corrected chi connectivity index (χ2v) is 4.02. The third kappa shape index (κ3) is 3.29. The highest BCUT2D eigenvalue weighted by atomic mass is 19.4. The third-order valence-corrected chi connectivity index (χ3v) is 2.50. The lowest BCUT2D eigenvalue weighted by Crippen LogP contribution is -2.36. The van der Waals surface area contributed by atoms with Gasteiger partial charge in [-0.2, -0.15) is 18.3 Å². The van der Waals surface area contributed by atoms with Gasteiger partial charge in [-0.3, -0.25) is 0 Å². The van der Waals surface area contributed by atoms with Crippen LogP contribution < -0.4 is 4.90 Å². The highest BCUT2D eigenvalue weighted by molar-refractivity contribution is 5.40. The van der Waals surface area contributed by atoms with Crippen molar-refractivity contribution in [3.05, 3.63) is 17.8 Å². The summed E-state index contributed by atoms with van der Waals surface area (Å²) >= 11 is 0. The number of alkyl halides is 3. The molecule has 1 aromatic rings. The first kappa shape index (κ1) is 12.1. The first-order valence-corrected chi connectivity index (χ1v) is 5.26. The average molecular weight is 247 g/mol. The molecule has 17 heavy (non-hydrogen) atoms. The molecule has 2 rings (SSSR count). The van der Waals surface area contributed by atoms with Gasteiger partial charge in [0.25, 0.3) is 0 Å². The highest BCUT2D eigenvalue weighted by Gasteiger charge is 2.38. The van der Waals surface area contributed by atoms with Crippen LogP contribution in [0.5, 0.6) is 0 Å². The van der Waals surface area contributed by atoms with Crippen LogP contribution in [0.25, 0.3) is 0 Å². The summed E-state index contributed by atoms with van der Waals surface area (Å²) in [6, 6.07) is 2.85. The van der Waals surface area contributed by atoms with Crippen molar-refractivity contribution in [3.63, 3.8) is 0 Å². The first-order chi connectivity index (χ1) is 7.99. The van der Waals surface area contributed by atoms with Crippen LogP contribution >= 0.6 is 0 Å². The van der Waals surface area contributed by atoms with E-state index in [1.54, 1.807) is 0 Å². The van der Waals surface area contributed by atoms with E-state index in [1.807, 2.05) is 0 Å². The van der Waals surface area contributed by atoms with Gasteiger partial charge in [0.05, 0.1) is 12.3 Å². The summed E-state index contributed by atoms with van der Waals surface area (Å²) in [7, 11) is 0. The van der Waals surface area contributed by atoms with E-state index in [-0.39, 0.29) is 18.5 Å². The second kappa shape index (κ2) is 4.48. The van der Waals surface area contributed by atoms with Crippen molar-refractivity contribution in [2.75, 3.05) is 11.4 Å². The van der Waals surface area contributed by atoms with E-state index in [9.17, 15) is 13.2 Å². The molecular weight excluding hydrogens is 235 g/mol. The quantitative estimate of drug-likeness (QED) is 0.876. The van der Waals surface area contributed by atoms with E-state index in [4.69, 9.17) is 5.11 Å². The molecule has 1 aliphatic rings. The zero-order valence-electron chi connectivity index (χ0n) is 8.98. The van der Waals surface area contributed by atoms with Crippen molar-refractivity contribution in [2.45, 2.75) is 31.7 Å². The van der Waals surface area contributed by atoms with Gasteiger partial charge in [0.1, 0.15) is 6.54 Å². The van der Waals surface area contributed by atoms with Gasteiger partial charge >= 0.3 is 6.18 Å². The Labute approximate surface area is 96.1 Å². The molecule has 7 heteroatoms. The minimum atomic E-state index is -4.25. The Morgan fingerprint density at radius 1 is 1.29 bits per heavy atom. The SMILES string of the molecule is OCc1ccc(N(CC(F)(F)F)C2CC2)nn1. The molecule has 0 saturated heterocycles. The molecule has 0 radical (unpaired) electrons. The number of aliphatic hydroxyl groups excluding tert-OH is 1. The molecule has 0 atom stereocenters. The summed E-state index contributed by atoms with van der Waals surface area (Å²) in [4.78, 5) is 1.22. The maximum absolute atomic E-state index is 12.4. The molecule has 4 nitrogen and oxygen atoms in total. The topological polar surface area (TPSA) is 49.2 Å². The zero-order valence-corrected chi connectivity index (χ0v) is 8.98. The standard InChI is InChI=1S/C10H12F3N3O/c11-10(12,13)6-16(8-2-3-8)9-4-1-7(5-17)14-15-9/h1,4,8,17H,2-3,5-6H2. The fourth-order valence-electron chi connectivity index (χ4n) is 1.57. The van der Waals surface area contributed by atoms with Crippen LogP contribution in [0.4, 0.5) is 19.0 Å². The lowest BCUT2D eigenvalue weighted by molar-refractivity contribution is -0.120. The molecule has 0 spiro atoms. The van der Waals surface area contributed by atoms with Crippen molar-refractivity contribution in [1.82, 2.24) is 10.2 Å². The monoisotopic (exact) mass is 247 g/mol. The molecule has 1 fully saturated rings. The van der Waals surface area contributed by atoms with Crippen LogP contribution in [0.1, 0.15) is 18.5 Å². The normalized spacial score (nSPS) is 16.0. The minimum Gasteiger partial charge on any atom is -0.390 e. The first-order valence-electron chi connectivity index (χ1n) is 5.26. The minimum absolute atomic E-state index is 0.0918. The van der Waals surface area contributed by atoms with Crippen molar-refractivity contribution < 1.29 is 18.3 Å². The van der Waals surface area contributed by atoms with Gasteiger partial charge < -0.3 is 10.0 Å². The zero-order chi connectivity index (χ0) is 12.5. The molecule has 0 aromatic carbocycles. The number of aliphatic hydroxyl groups is 1. The Morgan fingerprint density at radius 3 is 2.41 bits per heavy atom. The summed E-state index contributed by atoms with van der Waals surface area (Å²) < 4.78 is 37.2. The van der Waals surface area contributed by atoms with E-state index in [2.05, 4.69) is 10.2 Å². The molecule has 1 heterocycles. The van der Waals surface area contributed by atoms with Gasteiger partial charge in [-0.05, 0) is 25.0 Å². The van der Waals surface area contributed by atoms with E-state index in [0.29, 0.717) is 5.69 Å². The predicted molar refractivity (Wildman–Crippen MR) is 54.4 cm³/mol. The number of aromatic nitrogens is 2. The van der Waals surface area contributed by atoms with Crippen molar-refractivity contribution >= 4 is 5.82 Å². The maximum atomic E-state index is 12.4. The van der Waals surface area contributed by atoms with Crippen LogP contribution in [0.15, 0.2) is 12.1 Å². The Kier molecular flexibility index (Phi) is 3.19. The number of hydrogen-bond acceptors (Lipinski definition) is 4. The Balaban J connectivity index is 2.14. The fraction of sp³-hybridized carbons (Fsp3) is 0.600. The molecule has 0 unspecified atom stereocenters. The molecule has 1 N–H and O–H groups in total.